The summed E-state index contributed by atoms with van der Waals surface area (Å²) in [5.74, 6) is 0. The molecular formula is C21H22. The minimum absolute atomic E-state index is 1.05. The van der Waals surface area contributed by atoms with Crippen molar-refractivity contribution < 1.29 is 0 Å². The highest BCUT2D eigenvalue weighted by molar-refractivity contribution is 5.62. The first kappa shape index (κ1) is 15.1. The summed E-state index contributed by atoms with van der Waals surface area (Å²) in [6, 6.07) is 15.3. The third-order valence-electron chi connectivity index (χ3n) is 3.92. The molecule has 0 fully saturated rings. The van der Waals surface area contributed by atoms with Gasteiger partial charge in [0.1, 0.15) is 0 Å². The van der Waals surface area contributed by atoms with Crippen molar-refractivity contribution in [3.8, 4) is 0 Å². The van der Waals surface area contributed by atoms with E-state index in [2.05, 4.69) is 68.3 Å². The summed E-state index contributed by atoms with van der Waals surface area (Å²) in [4.78, 5) is 0. The van der Waals surface area contributed by atoms with Crippen molar-refractivity contribution in [2.45, 2.75) is 26.7 Å². The molecule has 106 valence electrons. The molecule has 0 saturated carbocycles. The van der Waals surface area contributed by atoms with Gasteiger partial charge in [-0.2, -0.15) is 0 Å². The maximum absolute atomic E-state index is 3.87. The lowest BCUT2D eigenvalue weighted by molar-refractivity contribution is 0.958. The number of aryl methyl sites for hydroxylation is 3. The summed E-state index contributed by atoms with van der Waals surface area (Å²) < 4.78 is 0. The fraction of sp³-hybridized carbons (Fsp3) is 0.190. The third kappa shape index (κ3) is 3.84. The minimum atomic E-state index is 1.05. The minimum Gasteiger partial charge on any atom is -0.125 e. The Hall–Kier alpha value is -2.30. The van der Waals surface area contributed by atoms with E-state index < -0.39 is 0 Å². The largest absolute Gasteiger partial charge is 0.125 e. The molecule has 0 bridgehead atoms. The van der Waals surface area contributed by atoms with Crippen LogP contribution in [-0.2, 0) is 12.8 Å². The Morgan fingerprint density at radius 3 is 2.29 bits per heavy atom. The fourth-order valence-corrected chi connectivity index (χ4v) is 2.38. The molecule has 0 heterocycles. The van der Waals surface area contributed by atoms with E-state index in [-0.39, 0.29) is 0 Å². The van der Waals surface area contributed by atoms with Crippen LogP contribution in [0.4, 0.5) is 0 Å². The summed E-state index contributed by atoms with van der Waals surface area (Å²) in [6.07, 6.45) is 4.03. The van der Waals surface area contributed by atoms with Crippen LogP contribution in [0.3, 0.4) is 0 Å². The van der Waals surface area contributed by atoms with E-state index in [1.54, 1.807) is 0 Å². The molecule has 0 saturated heterocycles. The molecule has 0 spiro atoms. The van der Waals surface area contributed by atoms with Crippen molar-refractivity contribution >= 4 is 11.6 Å². The average molecular weight is 274 g/mol. The molecule has 2 aromatic rings. The Labute approximate surface area is 128 Å². The highest BCUT2D eigenvalue weighted by Crippen LogP contribution is 2.17. The van der Waals surface area contributed by atoms with Gasteiger partial charge in [0.2, 0.25) is 0 Å². The fourth-order valence-electron chi connectivity index (χ4n) is 2.38. The van der Waals surface area contributed by atoms with Crippen LogP contribution in [0, 0.1) is 6.92 Å². The Kier molecular flexibility index (Phi) is 4.98. The molecule has 0 N–H and O–H groups in total. The van der Waals surface area contributed by atoms with E-state index in [1.807, 2.05) is 13.0 Å². The summed E-state index contributed by atoms with van der Waals surface area (Å²) in [7, 11) is 0. The monoisotopic (exact) mass is 274 g/mol. The van der Waals surface area contributed by atoms with Crippen molar-refractivity contribution in [3.63, 3.8) is 0 Å². The van der Waals surface area contributed by atoms with Crippen LogP contribution >= 0.6 is 0 Å². The second kappa shape index (κ2) is 6.92. The molecule has 0 radical (unpaired) electrons. The number of allylic oxidation sites excluding steroid dienone is 1. The van der Waals surface area contributed by atoms with Gasteiger partial charge in [-0.25, -0.2) is 0 Å². The first-order valence-corrected chi connectivity index (χ1v) is 7.32. The predicted octanol–water partition coefficient (Wildman–Crippen LogP) is 5.61. The van der Waals surface area contributed by atoms with Gasteiger partial charge in [0.15, 0.2) is 0 Å². The van der Waals surface area contributed by atoms with Gasteiger partial charge in [-0.3, -0.25) is 0 Å². The van der Waals surface area contributed by atoms with Crippen LogP contribution in [-0.4, -0.2) is 0 Å². The molecule has 0 aromatic heterocycles. The van der Waals surface area contributed by atoms with Gasteiger partial charge in [0.25, 0.3) is 0 Å². The maximum Gasteiger partial charge on any atom is -0.00252 e. The van der Waals surface area contributed by atoms with Crippen molar-refractivity contribution in [1.29, 1.82) is 0 Å². The van der Waals surface area contributed by atoms with Crippen molar-refractivity contribution in [1.82, 2.24) is 0 Å². The van der Waals surface area contributed by atoms with Crippen LogP contribution in [0.5, 0.6) is 0 Å². The van der Waals surface area contributed by atoms with E-state index in [0.717, 1.165) is 18.4 Å². The molecule has 2 aromatic carbocycles. The Bertz CT molecular complexity index is 680. The molecule has 0 aliphatic rings. The van der Waals surface area contributed by atoms with Crippen LogP contribution in [0.2, 0.25) is 0 Å². The van der Waals surface area contributed by atoms with Crippen molar-refractivity contribution in [2.75, 3.05) is 0 Å². The zero-order chi connectivity index (χ0) is 15.2. The van der Waals surface area contributed by atoms with E-state index in [9.17, 15) is 0 Å². The molecule has 2 rings (SSSR count). The summed E-state index contributed by atoms with van der Waals surface area (Å²) in [5.41, 5.74) is 10.5. The van der Waals surface area contributed by atoms with E-state index in [4.69, 9.17) is 0 Å². The summed E-state index contributed by atoms with van der Waals surface area (Å²) in [5, 5.41) is 0. The zero-order valence-corrected chi connectivity index (χ0v) is 12.9. The molecule has 0 aliphatic carbocycles. The van der Waals surface area contributed by atoms with E-state index >= 15 is 0 Å². The van der Waals surface area contributed by atoms with Crippen LogP contribution in [0.1, 0.15) is 34.7 Å². The summed E-state index contributed by atoms with van der Waals surface area (Å²) >= 11 is 0. The first-order valence-electron chi connectivity index (χ1n) is 7.32. The van der Waals surface area contributed by atoms with Gasteiger partial charge in [0, 0.05) is 0 Å². The lowest BCUT2D eigenvalue weighted by Crippen LogP contribution is -1.93. The number of benzene rings is 2. The second-order valence-corrected chi connectivity index (χ2v) is 5.39. The molecule has 0 nitrogen and oxygen atoms in total. The average Bonchev–Trinajstić information content (AvgIpc) is 2.53. The molecule has 0 amide bonds. The van der Waals surface area contributed by atoms with Crippen molar-refractivity contribution in [2.24, 2.45) is 0 Å². The Morgan fingerprint density at radius 2 is 1.67 bits per heavy atom. The second-order valence-electron chi connectivity index (χ2n) is 5.39. The number of hydrogen-bond donors (Lipinski definition) is 0. The molecular weight excluding hydrogens is 252 g/mol. The molecule has 0 aliphatic heterocycles. The molecule has 0 atom stereocenters. The van der Waals surface area contributed by atoms with Gasteiger partial charge in [-0.05, 0) is 60.1 Å². The van der Waals surface area contributed by atoms with Crippen LogP contribution in [0.15, 0.2) is 61.4 Å². The lowest BCUT2D eigenvalue weighted by Gasteiger charge is -2.07. The Morgan fingerprint density at radius 1 is 1.05 bits per heavy atom. The van der Waals surface area contributed by atoms with Crippen LogP contribution in [0.25, 0.3) is 11.6 Å². The number of rotatable bonds is 5. The first-order chi connectivity index (χ1) is 10.1. The van der Waals surface area contributed by atoms with Crippen LogP contribution < -0.4 is 0 Å². The third-order valence-corrected chi connectivity index (χ3v) is 3.92. The standard InChI is InChI=1S/C21H22/c1-5-16(3)21-13-11-18(12-14-21)9-10-19-8-7-17(4)20(6-2)15-19/h6-8,11-15H,1-2,9-10H2,3-4H3. The normalized spacial score (nSPS) is 10.0. The highest BCUT2D eigenvalue weighted by atomic mass is 14.1. The molecule has 21 heavy (non-hydrogen) atoms. The highest BCUT2D eigenvalue weighted by Gasteiger charge is 2.00. The molecule has 0 unspecified atom stereocenters. The van der Waals surface area contributed by atoms with Gasteiger partial charge < -0.3 is 0 Å². The molecule has 0 heteroatoms. The van der Waals surface area contributed by atoms with Gasteiger partial charge in [-0.1, -0.05) is 61.7 Å². The lowest BCUT2D eigenvalue weighted by atomic mass is 9.98. The number of hydrogen-bond acceptors (Lipinski definition) is 0. The van der Waals surface area contributed by atoms with E-state index in [0.29, 0.717) is 0 Å². The van der Waals surface area contributed by atoms with Gasteiger partial charge >= 0.3 is 0 Å². The SMILES string of the molecule is C=C=C(C)c1ccc(CCc2ccc(C)c(C=C)c2)cc1. The van der Waals surface area contributed by atoms with Crippen molar-refractivity contribution in [3.05, 3.63) is 89.2 Å². The quantitative estimate of drug-likeness (QED) is 0.621. The Balaban J connectivity index is 2.06. The van der Waals surface area contributed by atoms with E-state index in [1.165, 1.54) is 27.8 Å². The van der Waals surface area contributed by atoms with Gasteiger partial charge in [-0.15, -0.1) is 5.73 Å². The summed E-state index contributed by atoms with van der Waals surface area (Å²) in [6.45, 7) is 11.7. The maximum atomic E-state index is 3.87. The zero-order valence-electron chi connectivity index (χ0n) is 12.9. The topological polar surface area (TPSA) is 0 Å². The van der Waals surface area contributed by atoms with Gasteiger partial charge in [0.05, 0.1) is 0 Å². The predicted molar refractivity (Wildman–Crippen MR) is 93.3 cm³/mol. The smallest absolute Gasteiger partial charge is 0.00252 e.